The highest BCUT2D eigenvalue weighted by atomic mass is 16.3. The number of aliphatic hydroxyl groups excluding tert-OH is 1. The van der Waals surface area contributed by atoms with Crippen LogP contribution in [-0.2, 0) is 0 Å². The summed E-state index contributed by atoms with van der Waals surface area (Å²) in [5.74, 6) is 0. The third-order valence-corrected chi connectivity index (χ3v) is 2.83. The van der Waals surface area contributed by atoms with Crippen LogP contribution in [0, 0.1) is 0 Å². The van der Waals surface area contributed by atoms with Gasteiger partial charge in [0.25, 0.3) is 0 Å². The summed E-state index contributed by atoms with van der Waals surface area (Å²) < 4.78 is 0. The fourth-order valence-electron chi connectivity index (χ4n) is 2.01. The predicted octanol–water partition coefficient (Wildman–Crippen LogP) is 2.02. The van der Waals surface area contributed by atoms with Gasteiger partial charge < -0.3 is 10.0 Å². The molecule has 0 aromatic rings. The molecule has 78 valence electrons. The summed E-state index contributed by atoms with van der Waals surface area (Å²) in [6.45, 7) is 3.94. The van der Waals surface area contributed by atoms with Gasteiger partial charge in [-0.05, 0) is 32.4 Å². The smallest absolute Gasteiger partial charge is 0.0443 e. The molecular formula is C11H23NO. The summed E-state index contributed by atoms with van der Waals surface area (Å²) in [7, 11) is 0. The molecule has 13 heavy (non-hydrogen) atoms. The lowest BCUT2D eigenvalue weighted by molar-refractivity contribution is 0.221. The van der Waals surface area contributed by atoms with Crippen LogP contribution in [0.25, 0.3) is 0 Å². The van der Waals surface area contributed by atoms with Crippen LogP contribution in [0.2, 0.25) is 0 Å². The molecule has 0 saturated carbocycles. The van der Waals surface area contributed by atoms with E-state index in [1.807, 2.05) is 0 Å². The van der Waals surface area contributed by atoms with Crippen LogP contribution in [-0.4, -0.2) is 36.2 Å². The number of aliphatic hydroxyl groups is 1. The highest BCUT2D eigenvalue weighted by Gasteiger charge is 2.05. The van der Waals surface area contributed by atoms with Gasteiger partial charge in [-0.25, -0.2) is 0 Å². The molecule has 0 aromatic heterocycles. The lowest BCUT2D eigenvalue weighted by Crippen LogP contribution is -2.27. The van der Waals surface area contributed by atoms with Crippen molar-refractivity contribution in [2.24, 2.45) is 0 Å². The Morgan fingerprint density at radius 1 is 0.846 bits per heavy atom. The Labute approximate surface area is 81.9 Å². The summed E-state index contributed by atoms with van der Waals surface area (Å²) in [6, 6.07) is 0. The van der Waals surface area contributed by atoms with Gasteiger partial charge in [-0.2, -0.15) is 0 Å². The minimum absolute atomic E-state index is 0.344. The zero-order valence-corrected chi connectivity index (χ0v) is 8.67. The molecule has 0 unspecified atom stereocenters. The zero-order valence-electron chi connectivity index (χ0n) is 8.67. The van der Waals surface area contributed by atoms with Crippen LogP contribution in [0.15, 0.2) is 0 Å². The number of hydrogen-bond donors (Lipinski definition) is 1. The van der Waals surface area contributed by atoms with Crippen molar-refractivity contribution >= 4 is 0 Å². The van der Waals surface area contributed by atoms with Gasteiger partial charge in [-0.15, -0.1) is 0 Å². The molecular weight excluding hydrogens is 162 g/mol. The summed E-state index contributed by atoms with van der Waals surface area (Å²) >= 11 is 0. The van der Waals surface area contributed by atoms with E-state index in [9.17, 15) is 0 Å². The van der Waals surface area contributed by atoms with E-state index in [1.54, 1.807) is 0 Å². The molecule has 0 aromatic carbocycles. The van der Waals surface area contributed by atoms with Crippen LogP contribution in [0.3, 0.4) is 0 Å². The molecule has 0 radical (unpaired) electrons. The quantitative estimate of drug-likeness (QED) is 0.727. The minimum Gasteiger partial charge on any atom is -0.396 e. The maximum absolute atomic E-state index is 8.75. The average Bonchev–Trinajstić information content (AvgIpc) is 2.28. The molecule has 1 rings (SSSR count). The second-order valence-corrected chi connectivity index (χ2v) is 4.04. The monoisotopic (exact) mass is 185 g/mol. The molecule has 1 saturated heterocycles. The molecule has 0 amide bonds. The van der Waals surface area contributed by atoms with Crippen molar-refractivity contribution in [1.82, 2.24) is 4.90 Å². The SMILES string of the molecule is OCCCN1CCCCCCCC1. The van der Waals surface area contributed by atoms with Crippen molar-refractivity contribution in [3.05, 3.63) is 0 Å². The third-order valence-electron chi connectivity index (χ3n) is 2.83. The Bertz CT molecular complexity index is 107. The first-order valence-corrected chi connectivity index (χ1v) is 5.76. The van der Waals surface area contributed by atoms with Crippen molar-refractivity contribution < 1.29 is 5.11 Å². The molecule has 2 nitrogen and oxygen atoms in total. The standard InChI is InChI=1S/C11H23NO/c13-11-7-10-12-8-5-3-1-2-4-6-9-12/h13H,1-11H2. The zero-order chi connectivity index (χ0) is 9.36. The van der Waals surface area contributed by atoms with E-state index in [1.165, 1.54) is 51.6 Å². The lowest BCUT2D eigenvalue weighted by Gasteiger charge is -2.20. The van der Waals surface area contributed by atoms with Crippen molar-refractivity contribution in [1.29, 1.82) is 0 Å². The molecule has 2 heteroatoms. The van der Waals surface area contributed by atoms with Crippen molar-refractivity contribution in [3.8, 4) is 0 Å². The van der Waals surface area contributed by atoms with Crippen LogP contribution >= 0.6 is 0 Å². The van der Waals surface area contributed by atoms with E-state index < -0.39 is 0 Å². The van der Waals surface area contributed by atoms with E-state index in [4.69, 9.17) is 5.11 Å². The summed E-state index contributed by atoms with van der Waals surface area (Å²) in [5, 5.41) is 8.75. The normalized spacial score (nSPS) is 21.9. The van der Waals surface area contributed by atoms with Gasteiger partial charge in [0, 0.05) is 13.2 Å². The van der Waals surface area contributed by atoms with Gasteiger partial charge in [-0.3, -0.25) is 0 Å². The highest BCUT2D eigenvalue weighted by Crippen LogP contribution is 2.10. The van der Waals surface area contributed by atoms with E-state index >= 15 is 0 Å². The first-order chi connectivity index (χ1) is 6.43. The van der Waals surface area contributed by atoms with Gasteiger partial charge in [0.05, 0.1) is 0 Å². The Kier molecular flexibility index (Phi) is 6.21. The number of hydrogen-bond acceptors (Lipinski definition) is 2. The number of nitrogens with zero attached hydrogens (tertiary/aromatic N) is 1. The summed E-state index contributed by atoms with van der Waals surface area (Å²) in [5.41, 5.74) is 0. The molecule has 1 fully saturated rings. The molecule has 1 aliphatic rings. The van der Waals surface area contributed by atoms with Crippen molar-refractivity contribution in [2.45, 2.75) is 44.9 Å². The summed E-state index contributed by atoms with van der Waals surface area (Å²) in [4.78, 5) is 2.52. The summed E-state index contributed by atoms with van der Waals surface area (Å²) in [6.07, 6.45) is 9.30. The number of rotatable bonds is 3. The van der Waals surface area contributed by atoms with Gasteiger partial charge in [-0.1, -0.05) is 25.7 Å². The molecule has 1 heterocycles. The first kappa shape index (κ1) is 11.0. The fourth-order valence-corrected chi connectivity index (χ4v) is 2.01. The van der Waals surface area contributed by atoms with Crippen LogP contribution in [0.4, 0.5) is 0 Å². The Morgan fingerprint density at radius 2 is 1.38 bits per heavy atom. The van der Waals surface area contributed by atoms with Gasteiger partial charge in [0.1, 0.15) is 0 Å². The highest BCUT2D eigenvalue weighted by molar-refractivity contribution is 4.61. The molecule has 1 aliphatic heterocycles. The maximum atomic E-state index is 8.75. The molecule has 0 atom stereocenters. The van der Waals surface area contributed by atoms with Crippen molar-refractivity contribution in [2.75, 3.05) is 26.2 Å². The second-order valence-electron chi connectivity index (χ2n) is 4.04. The largest absolute Gasteiger partial charge is 0.396 e. The minimum atomic E-state index is 0.344. The molecule has 0 aliphatic carbocycles. The lowest BCUT2D eigenvalue weighted by atomic mass is 10.1. The van der Waals surface area contributed by atoms with E-state index in [0.717, 1.165) is 13.0 Å². The molecule has 0 spiro atoms. The topological polar surface area (TPSA) is 23.5 Å². The predicted molar refractivity (Wildman–Crippen MR) is 55.8 cm³/mol. The second kappa shape index (κ2) is 7.34. The van der Waals surface area contributed by atoms with Gasteiger partial charge in [0.15, 0.2) is 0 Å². The van der Waals surface area contributed by atoms with Gasteiger partial charge >= 0.3 is 0 Å². The van der Waals surface area contributed by atoms with Crippen LogP contribution < -0.4 is 0 Å². The van der Waals surface area contributed by atoms with Crippen LogP contribution in [0.1, 0.15) is 44.9 Å². The Balaban J connectivity index is 2.16. The first-order valence-electron chi connectivity index (χ1n) is 5.76. The Morgan fingerprint density at radius 3 is 1.92 bits per heavy atom. The van der Waals surface area contributed by atoms with Crippen LogP contribution in [0.5, 0.6) is 0 Å². The maximum Gasteiger partial charge on any atom is 0.0443 e. The van der Waals surface area contributed by atoms with Crippen molar-refractivity contribution in [3.63, 3.8) is 0 Å². The fraction of sp³-hybridized carbons (Fsp3) is 1.00. The van der Waals surface area contributed by atoms with E-state index in [2.05, 4.69) is 4.90 Å². The Hall–Kier alpha value is -0.0800. The molecule has 0 bridgehead atoms. The average molecular weight is 185 g/mol. The third kappa shape index (κ3) is 5.27. The van der Waals surface area contributed by atoms with E-state index in [0.29, 0.717) is 6.61 Å². The van der Waals surface area contributed by atoms with Gasteiger partial charge in [0.2, 0.25) is 0 Å². The molecule has 1 N–H and O–H groups in total. The van der Waals surface area contributed by atoms with E-state index in [-0.39, 0.29) is 0 Å².